The first-order chi connectivity index (χ1) is 16.0. The summed E-state index contributed by atoms with van der Waals surface area (Å²) >= 11 is 1.98. The van der Waals surface area contributed by atoms with Crippen molar-refractivity contribution in [1.82, 2.24) is 15.5 Å². The zero-order valence-electron chi connectivity index (χ0n) is 18.7. The molecular weight excluding hydrogens is 475 g/mol. The predicted molar refractivity (Wildman–Crippen MR) is 119 cm³/mol. The molecule has 34 heavy (non-hydrogen) atoms. The third kappa shape index (κ3) is 7.08. The number of halogens is 3. The van der Waals surface area contributed by atoms with Crippen LogP contribution in [0.1, 0.15) is 59.8 Å². The van der Waals surface area contributed by atoms with Gasteiger partial charge in [0.25, 0.3) is 0 Å². The number of carboxylic acids is 2. The van der Waals surface area contributed by atoms with Crippen molar-refractivity contribution in [2.75, 3.05) is 19.6 Å². The molecule has 2 aliphatic heterocycles. The van der Waals surface area contributed by atoms with Crippen molar-refractivity contribution in [1.29, 1.82) is 0 Å². The van der Waals surface area contributed by atoms with Gasteiger partial charge in [-0.2, -0.15) is 13.2 Å². The SMILES string of the molecule is O=C(O)C(F)(F)F.O=C(O)C1CCC(NC(=O)N2CCC(c3cc4c(s3)CCNC4)CC2)CC1. The van der Waals surface area contributed by atoms with Gasteiger partial charge >= 0.3 is 24.1 Å². The number of carboxylic acid groups (broad SMARTS) is 2. The van der Waals surface area contributed by atoms with Crippen molar-refractivity contribution in [2.45, 2.75) is 69.6 Å². The first kappa shape index (κ1) is 26.3. The van der Waals surface area contributed by atoms with Gasteiger partial charge in [0.2, 0.25) is 0 Å². The van der Waals surface area contributed by atoms with Gasteiger partial charge in [0.05, 0.1) is 5.92 Å². The third-order valence-corrected chi connectivity index (χ3v) is 7.99. The van der Waals surface area contributed by atoms with Crippen molar-refractivity contribution in [3.8, 4) is 0 Å². The number of nitrogens with one attached hydrogen (secondary N) is 2. The molecule has 1 saturated carbocycles. The Morgan fingerprint density at radius 3 is 2.21 bits per heavy atom. The highest BCUT2D eigenvalue weighted by Gasteiger charge is 2.38. The minimum absolute atomic E-state index is 0.0295. The molecule has 1 aromatic heterocycles. The Kier molecular flexibility index (Phi) is 8.80. The van der Waals surface area contributed by atoms with E-state index in [0.717, 1.165) is 58.3 Å². The number of likely N-dealkylation sites (tertiary alicyclic amines) is 1. The average molecular weight is 506 g/mol. The minimum Gasteiger partial charge on any atom is -0.481 e. The van der Waals surface area contributed by atoms with Crippen LogP contribution in [0.2, 0.25) is 0 Å². The number of carbonyl (C=O) groups excluding carboxylic acids is 1. The number of urea groups is 1. The maximum absolute atomic E-state index is 12.6. The second-order valence-corrected chi connectivity index (χ2v) is 10.1. The summed E-state index contributed by atoms with van der Waals surface area (Å²) in [4.78, 5) is 37.5. The fraction of sp³-hybridized carbons (Fsp3) is 0.682. The number of carbonyl (C=O) groups is 3. The van der Waals surface area contributed by atoms with Crippen LogP contribution in [0.5, 0.6) is 0 Å². The molecular formula is C22H30F3N3O5S. The molecule has 1 aliphatic carbocycles. The molecule has 1 aromatic rings. The van der Waals surface area contributed by atoms with E-state index in [1.807, 2.05) is 16.2 Å². The van der Waals surface area contributed by atoms with Crippen molar-refractivity contribution >= 4 is 29.3 Å². The summed E-state index contributed by atoms with van der Waals surface area (Å²) in [7, 11) is 0. The fourth-order valence-electron chi connectivity index (χ4n) is 4.59. The minimum atomic E-state index is -5.08. The Labute approximate surface area is 199 Å². The van der Waals surface area contributed by atoms with Crippen LogP contribution in [0.3, 0.4) is 0 Å². The van der Waals surface area contributed by atoms with E-state index in [2.05, 4.69) is 16.7 Å². The van der Waals surface area contributed by atoms with Crippen LogP contribution in [0.15, 0.2) is 6.07 Å². The lowest BCUT2D eigenvalue weighted by Gasteiger charge is -2.34. The van der Waals surface area contributed by atoms with Crippen molar-refractivity contribution in [3.63, 3.8) is 0 Å². The molecule has 4 N–H and O–H groups in total. The van der Waals surface area contributed by atoms with Crippen LogP contribution in [-0.4, -0.2) is 64.9 Å². The predicted octanol–water partition coefficient (Wildman–Crippen LogP) is 3.56. The normalized spacial score (nSPS) is 23.3. The monoisotopic (exact) mass is 505 g/mol. The lowest BCUT2D eigenvalue weighted by Crippen LogP contribution is -2.48. The molecule has 2 fully saturated rings. The van der Waals surface area contributed by atoms with E-state index < -0.39 is 18.1 Å². The molecule has 0 atom stereocenters. The molecule has 12 heteroatoms. The average Bonchev–Trinajstić information content (AvgIpc) is 3.24. The Morgan fingerprint density at radius 2 is 1.68 bits per heavy atom. The lowest BCUT2D eigenvalue weighted by atomic mass is 9.86. The molecule has 0 bridgehead atoms. The molecule has 0 unspecified atom stereocenters. The summed E-state index contributed by atoms with van der Waals surface area (Å²) in [6.07, 6.45) is 1.01. The molecule has 0 aromatic carbocycles. The van der Waals surface area contributed by atoms with E-state index in [1.165, 1.54) is 10.4 Å². The number of nitrogens with zero attached hydrogens (tertiary/aromatic N) is 1. The molecule has 0 radical (unpaired) electrons. The highest BCUT2D eigenvalue weighted by Crippen LogP contribution is 2.36. The Morgan fingerprint density at radius 1 is 1.06 bits per heavy atom. The van der Waals surface area contributed by atoms with Gasteiger partial charge in [-0.3, -0.25) is 4.79 Å². The van der Waals surface area contributed by atoms with Crippen LogP contribution < -0.4 is 10.6 Å². The second kappa shape index (κ2) is 11.4. The Bertz CT molecular complexity index is 852. The number of amides is 2. The van der Waals surface area contributed by atoms with E-state index in [1.54, 1.807) is 4.88 Å². The third-order valence-electron chi connectivity index (χ3n) is 6.59. The van der Waals surface area contributed by atoms with Crippen LogP contribution in [-0.2, 0) is 22.6 Å². The van der Waals surface area contributed by atoms with E-state index in [0.29, 0.717) is 18.8 Å². The van der Waals surface area contributed by atoms with E-state index in [-0.39, 0.29) is 18.0 Å². The quantitative estimate of drug-likeness (QED) is 0.499. The van der Waals surface area contributed by atoms with Gasteiger partial charge in [0.1, 0.15) is 0 Å². The number of aliphatic carboxylic acids is 2. The number of alkyl halides is 3. The van der Waals surface area contributed by atoms with Gasteiger partial charge in [-0.25, -0.2) is 9.59 Å². The summed E-state index contributed by atoms with van der Waals surface area (Å²) in [6, 6.07) is 2.54. The summed E-state index contributed by atoms with van der Waals surface area (Å²) in [5, 5.41) is 22.8. The molecule has 3 aliphatic rings. The molecule has 2 amide bonds. The summed E-state index contributed by atoms with van der Waals surface area (Å²) < 4.78 is 31.7. The van der Waals surface area contributed by atoms with E-state index in [4.69, 9.17) is 15.0 Å². The van der Waals surface area contributed by atoms with Gasteiger partial charge in [-0.1, -0.05) is 0 Å². The molecule has 1 saturated heterocycles. The maximum Gasteiger partial charge on any atom is 0.490 e. The number of piperidine rings is 1. The van der Waals surface area contributed by atoms with Crippen molar-refractivity contribution < 1.29 is 37.8 Å². The van der Waals surface area contributed by atoms with Gasteiger partial charge < -0.3 is 25.7 Å². The first-order valence-electron chi connectivity index (χ1n) is 11.4. The molecule has 8 nitrogen and oxygen atoms in total. The lowest BCUT2D eigenvalue weighted by molar-refractivity contribution is -0.192. The van der Waals surface area contributed by atoms with Gasteiger partial charge in [0, 0.05) is 42.0 Å². The Hall–Kier alpha value is -2.34. The van der Waals surface area contributed by atoms with Crippen LogP contribution in [0.25, 0.3) is 0 Å². The maximum atomic E-state index is 12.6. The van der Waals surface area contributed by atoms with Crippen LogP contribution in [0, 0.1) is 5.92 Å². The number of hydrogen-bond donors (Lipinski definition) is 4. The topological polar surface area (TPSA) is 119 Å². The summed E-state index contributed by atoms with van der Waals surface area (Å²) in [5.41, 5.74) is 1.47. The number of fused-ring (bicyclic) bond motifs is 1. The largest absolute Gasteiger partial charge is 0.490 e. The second-order valence-electron chi connectivity index (χ2n) is 8.92. The van der Waals surface area contributed by atoms with E-state index >= 15 is 0 Å². The summed E-state index contributed by atoms with van der Waals surface area (Å²) in [5.74, 6) is -3.11. The zero-order chi connectivity index (χ0) is 24.9. The van der Waals surface area contributed by atoms with Crippen molar-refractivity contribution in [2.24, 2.45) is 5.92 Å². The van der Waals surface area contributed by atoms with Gasteiger partial charge in [-0.15, -0.1) is 11.3 Å². The summed E-state index contributed by atoms with van der Waals surface area (Å²) in [6.45, 7) is 3.70. The highest BCUT2D eigenvalue weighted by atomic mass is 32.1. The smallest absolute Gasteiger partial charge is 0.481 e. The molecule has 4 rings (SSSR count). The van der Waals surface area contributed by atoms with Crippen LogP contribution in [0.4, 0.5) is 18.0 Å². The fourth-order valence-corrected chi connectivity index (χ4v) is 5.95. The first-order valence-corrected chi connectivity index (χ1v) is 12.3. The van der Waals surface area contributed by atoms with Crippen LogP contribution >= 0.6 is 11.3 Å². The molecule has 3 heterocycles. The number of rotatable bonds is 3. The van der Waals surface area contributed by atoms with Crippen molar-refractivity contribution in [3.05, 3.63) is 21.4 Å². The molecule has 190 valence electrons. The molecule has 0 spiro atoms. The number of hydrogen-bond acceptors (Lipinski definition) is 5. The Balaban J connectivity index is 0.000000406. The number of thiophene rings is 1. The highest BCUT2D eigenvalue weighted by molar-refractivity contribution is 7.12. The zero-order valence-corrected chi connectivity index (χ0v) is 19.5. The van der Waals surface area contributed by atoms with Gasteiger partial charge in [0.15, 0.2) is 0 Å². The standard InChI is InChI=1S/C20H29N3O3S.C2HF3O2/c24-19(25)14-1-3-16(4-2-14)22-20(26)23-9-6-13(7-10-23)18-11-15-12-21-8-5-17(15)27-18;3-2(4,5)1(6)7/h11,13-14,16,21H,1-10,12H2,(H,22,26)(H,24,25);(H,6,7). The van der Waals surface area contributed by atoms with E-state index in [9.17, 15) is 22.8 Å². The van der Waals surface area contributed by atoms with Gasteiger partial charge in [-0.05, 0) is 62.5 Å².